The number of hydrogen-bond donors (Lipinski definition) is 1. The summed E-state index contributed by atoms with van der Waals surface area (Å²) in [6, 6.07) is 1.67. The molecule has 0 saturated carbocycles. The summed E-state index contributed by atoms with van der Waals surface area (Å²) in [6.45, 7) is 1.26. The number of nitrogens with zero attached hydrogens (tertiary/aromatic N) is 1. The molecule has 2 rings (SSSR count). The lowest BCUT2D eigenvalue weighted by Crippen LogP contribution is -2.27. The van der Waals surface area contributed by atoms with Crippen molar-refractivity contribution in [3.8, 4) is 0 Å². The van der Waals surface area contributed by atoms with Crippen LogP contribution in [0, 0.1) is 0 Å². The van der Waals surface area contributed by atoms with Crippen LogP contribution < -0.4 is 4.72 Å². The summed E-state index contributed by atoms with van der Waals surface area (Å²) in [5, 5.41) is 0. The minimum absolute atomic E-state index is 0.107. The maximum absolute atomic E-state index is 11.5. The molecule has 0 aliphatic carbocycles. The Morgan fingerprint density at radius 2 is 2.22 bits per heavy atom. The van der Waals surface area contributed by atoms with Crippen molar-refractivity contribution >= 4 is 66.3 Å². The zero-order chi connectivity index (χ0) is 13.5. The average molecular weight is 370 g/mol. The molecule has 1 aliphatic rings. The van der Waals surface area contributed by atoms with E-state index in [2.05, 4.69) is 25.0 Å². The van der Waals surface area contributed by atoms with Crippen LogP contribution in [0.3, 0.4) is 0 Å². The van der Waals surface area contributed by atoms with Gasteiger partial charge in [0.05, 0.1) is 10.6 Å². The largest absolute Gasteiger partial charge is 0.342 e. The number of allylic oxidation sites excluding steroid dienone is 1. The van der Waals surface area contributed by atoms with Gasteiger partial charge in [0.15, 0.2) is 5.78 Å². The van der Waals surface area contributed by atoms with Crippen LogP contribution in [0.25, 0.3) is 5.70 Å². The van der Waals surface area contributed by atoms with E-state index in [9.17, 15) is 13.2 Å². The molecule has 0 atom stereocenters. The molecule has 1 aromatic rings. The van der Waals surface area contributed by atoms with Crippen molar-refractivity contribution in [1.29, 1.82) is 0 Å². The van der Waals surface area contributed by atoms with Gasteiger partial charge in [-0.15, -0.1) is 15.7 Å². The third-order valence-electron chi connectivity index (χ3n) is 2.01. The van der Waals surface area contributed by atoms with Crippen molar-refractivity contribution < 1.29 is 13.2 Å². The zero-order valence-electron chi connectivity index (χ0n) is 8.90. The molecule has 18 heavy (non-hydrogen) atoms. The van der Waals surface area contributed by atoms with Crippen molar-refractivity contribution in [3.05, 3.63) is 25.8 Å². The van der Waals surface area contributed by atoms with E-state index in [4.69, 9.17) is 11.6 Å². The van der Waals surface area contributed by atoms with Gasteiger partial charge in [0.1, 0.15) is 10.0 Å². The predicted octanol–water partition coefficient (Wildman–Crippen LogP) is 2.38. The zero-order valence-corrected chi connectivity index (χ0v) is 12.9. The Morgan fingerprint density at radius 1 is 1.56 bits per heavy atom. The number of nitrogens with one attached hydrogen (secondary N) is 1. The summed E-state index contributed by atoms with van der Waals surface area (Å²) in [7, 11) is -3.88. The molecular weight excluding hydrogens is 364 g/mol. The molecule has 0 spiro atoms. The SMILES string of the molecule is CC(=O)C1=NS(=O)(=O)NC(c2cc(Br)c(Cl)s2)=C1. The number of carbonyl (C=O) groups excluding carboxylic acids is 1. The quantitative estimate of drug-likeness (QED) is 0.869. The molecule has 5 nitrogen and oxygen atoms in total. The fourth-order valence-electron chi connectivity index (χ4n) is 1.25. The Kier molecular flexibility index (Phi) is 3.63. The fraction of sp³-hybridized carbons (Fsp3) is 0.111. The van der Waals surface area contributed by atoms with E-state index in [1.807, 2.05) is 0 Å². The van der Waals surface area contributed by atoms with Crippen molar-refractivity contribution in [2.24, 2.45) is 4.40 Å². The van der Waals surface area contributed by atoms with E-state index in [1.165, 1.54) is 24.3 Å². The van der Waals surface area contributed by atoms with Crippen LogP contribution in [0.2, 0.25) is 4.34 Å². The summed E-state index contributed by atoms with van der Waals surface area (Å²) in [5.74, 6) is -0.417. The smallest absolute Gasteiger partial charge is 0.293 e. The first-order valence-electron chi connectivity index (χ1n) is 4.59. The lowest BCUT2D eigenvalue weighted by atomic mass is 10.2. The summed E-state index contributed by atoms with van der Waals surface area (Å²) >= 11 is 10.3. The minimum atomic E-state index is -3.88. The predicted molar refractivity (Wildman–Crippen MR) is 75.2 cm³/mol. The van der Waals surface area contributed by atoms with Gasteiger partial charge in [0, 0.05) is 11.4 Å². The fourth-order valence-corrected chi connectivity index (χ4v) is 3.92. The molecule has 9 heteroatoms. The second-order valence-electron chi connectivity index (χ2n) is 3.40. The maximum Gasteiger partial charge on any atom is 0.342 e. The van der Waals surface area contributed by atoms with Gasteiger partial charge in [-0.05, 0) is 28.1 Å². The number of ketones is 1. The highest BCUT2D eigenvalue weighted by atomic mass is 79.9. The molecule has 0 fully saturated rings. The third-order valence-corrected chi connectivity index (χ3v) is 5.43. The molecule has 0 unspecified atom stereocenters. The van der Waals surface area contributed by atoms with E-state index in [0.29, 0.717) is 13.7 Å². The highest BCUT2D eigenvalue weighted by molar-refractivity contribution is 9.10. The topological polar surface area (TPSA) is 75.6 Å². The normalized spacial score (nSPS) is 17.7. The van der Waals surface area contributed by atoms with Crippen LogP contribution in [0.5, 0.6) is 0 Å². The first-order valence-corrected chi connectivity index (χ1v) is 8.02. The molecule has 0 radical (unpaired) electrons. The molecule has 0 bridgehead atoms. The Bertz CT molecular complexity index is 671. The standard InChI is InChI=1S/C9H6BrClN2O3S2/c1-4(14)6-3-7(13-18(15,16)12-6)8-2-5(10)9(11)17-8/h2-3,13H,1H3. The van der Waals surface area contributed by atoms with Crippen molar-refractivity contribution in [2.45, 2.75) is 6.92 Å². The number of Topliss-reactive ketones (excluding diaryl/α,β-unsaturated/α-hetero) is 1. The molecular formula is C9H6BrClN2O3S2. The Hall–Kier alpha value is -0.700. The Morgan fingerprint density at radius 3 is 2.72 bits per heavy atom. The van der Waals surface area contributed by atoms with E-state index in [-0.39, 0.29) is 11.4 Å². The van der Waals surface area contributed by atoms with Crippen molar-refractivity contribution in [3.63, 3.8) is 0 Å². The van der Waals surface area contributed by atoms with Crippen LogP contribution in [0.15, 0.2) is 21.0 Å². The maximum atomic E-state index is 11.5. The molecule has 96 valence electrons. The van der Waals surface area contributed by atoms with Gasteiger partial charge < -0.3 is 0 Å². The second kappa shape index (κ2) is 4.76. The third kappa shape index (κ3) is 2.82. The van der Waals surface area contributed by atoms with E-state index < -0.39 is 16.0 Å². The summed E-state index contributed by atoms with van der Waals surface area (Å²) < 4.78 is 29.8. The first kappa shape index (κ1) is 13.7. The second-order valence-corrected chi connectivity index (χ2v) is 7.25. The molecule has 1 aliphatic heterocycles. The van der Waals surface area contributed by atoms with Gasteiger partial charge in [0.25, 0.3) is 0 Å². The van der Waals surface area contributed by atoms with Crippen LogP contribution in [-0.4, -0.2) is 19.9 Å². The Balaban J connectivity index is 2.52. The molecule has 0 aromatic carbocycles. The van der Waals surface area contributed by atoms with Gasteiger partial charge in [-0.25, -0.2) is 0 Å². The van der Waals surface area contributed by atoms with Gasteiger partial charge in [-0.1, -0.05) is 11.6 Å². The van der Waals surface area contributed by atoms with Crippen LogP contribution in [0.4, 0.5) is 0 Å². The minimum Gasteiger partial charge on any atom is -0.293 e. The van der Waals surface area contributed by atoms with Crippen LogP contribution in [-0.2, 0) is 15.0 Å². The highest BCUT2D eigenvalue weighted by Crippen LogP contribution is 2.35. The van der Waals surface area contributed by atoms with Gasteiger partial charge in [-0.3, -0.25) is 9.52 Å². The highest BCUT2D eigenvalue weighted by Gasteiger charge is 2.22. The van der Waals surface area contributed by atoms with Gasteiger partial charge in [0.2, 0.25) is 0 Å². The number of hydrogen-bond acceptors (Lipinski definition) is 4. The molecule has 1 N–H and O–H groups in total. The Labute approximate surface area is 121 Å². The van der Waals surface area contributed by atoms with Crippen LogP contribution >= 0.6 is 38.9 Å². The van der Waals surface area contributed by atoms with E-state index in [1.54, 1.807) is 6.07 Å². The number of thiophene rings is 1. The molecule has 2 heterocycles. The number of halogens is 2. The summed E-state index contributed by atoms with van der Waals surface area (Å²) in [6.07, 6.45) is 1.39. The van der Waals surface area contributed by atoms with Gasteiger partial charge in [-0.2, -0.15) is 8.42 Å². The number of carbonyl (C=O) groups is 1. The monoisotopic (exact) mass is 368 g/mol. The lowest BCUT2D eigenvalue weighted by Gasteiger charge is -2.12. The van der Waals surface area contributed by atoms with E-state index >= 15 is 0 Å². The summed E-state index contributed by atoms with van der Waals surface area (Å²) in [5.41, 5.74) is 0.178. The lowest BCUT2D eigenvalue weighted by molar-refractivity contribution is -0.111. The van der Waals surface area contributed by atoms with E-state index in [0.717, 1.165) is 0 Å². The average Bonchev–Trinajstić information content (AvgIpc) is 2.57. The molecule has 0 saturated heterocycles. The summed E-state index contributed by atoms with van der Waals surface area (Å²) in [4.78, 5) is 11.8. The van der Waals surface area contributed by atoms with Crippen LogP contribution in [0.1, 0.15) is 11.8 Å². The van der Waals surface area contributed by atoms with Crippen molar-refractivity contribution in [1.82, 2.24) is 4.72 Å². The number of rotatable bonds is 2. The molecule has 0 amide bonds. The van der Waals surface area contributed by atoms with Crippen molar-refractivity contribution in [2.75, 3.05) is 0 Å². The molecule has 1 aromatic heterocycles. The first-order chi connectivity index (χ1) is 8.28. The van der Waals surface area contributed by atoms with Gasteiger partial charge >= 0.3 is 10.2 Å².